The van der Waals surface area contributed by atoms with Crippen LogP contribution < -0.4 is 15.1 Å². The second kappa shape index (κ2) is 13.4. The number of halogens is 2. The largest absolute Gasteiger partial charge is 0.507 e. The molecule has 7 nitrogen and oxygen atoms in total. The Morgan fingerprint density at radius 3 is 2.30 bits per heavy atom. The van der Waals surface area contributed by atoms with Crippen molar-refractivity contribution in [3.8, 4) is 28.0 Å². The van der Waals surface area contributed by atoms with Gasteiger partial charge >= 0.3 is 0 Å². The second-order valence-corrected chi connectivity index (χ2v) is 9.16. The van der Waals surface area contributed by atoms with E-state index in [1.54, 1.807) is 30.5 Å². The molecule has 1 amide bonds. The maximum absolute atomic E-state index is 14.7. The van der Waals surface area contributed by atoms with Crippen LogP contribution in [-0.2, 0) is 4.79 Å². The van der Waals surface area contributed by atoms with Crippen LogP contribution in [-0.4, -0.2) is 74.8 Å². The van der Waals surface area contributed by atoms with Crippen molar-refractivity contribution in [3.63, 3.8) is 0 Å². The smallest absolute Gasteiger partial charge is 0.214 e. The standard InChI is InChI=1S/C26H29ClFN5O2.C2H6/c1-31(2)11-12-33(17-34)24-4-3-18(13-23(24)27)21-15-20(28)16-22(26(21)35)19-5-6-30-25(14-19)32-9-7-29-8-10-32;1-2/h3-6,13-17,29,35H,7-12H2,1-2H3;1-2H3. The number of phenols is 1. The minimum absolute atomic E-state index is 0.0486. The summed E-state index contributed by atoms with van der Waals surface area (Å²) < 4.78 is 14.7. The predicted octanol–water partition coefficient (Wildman–Crippen LogP) is 4.87. The first-order valence-electron chi connectivity index (χ1n) is 12.5. The van der Waals surface area contributed by atoms with Crippen LogP contribution in [0.25, 0.3) is 22.3 Å². The van der Waals surface area contributed by atoms with E-state index in [1.165, 1.54) is 17.0 Å². The van der Waals surface area contributed by atoms with Crippen LogP contribution in [0, 0.1) is 5.82 Å². The van der Waals surface area contributed by atoms with Crippen LogP contribution in [0.15, 0.2) is 48.7 Å². The van der Waals surface area contributed by atoms with Gasteiger partial charge in [-0.2, -0.15) is 0 Å². The molecule has 2 heterocycles. The summed E-state index contributed by atoms with van der Waals surface area (Å²) >= 11 is 6.52. The highest BCUT2D eigenvalue weighted by molar-refractivity contribution is 6.34. The Morgan fingerprint density at radius 1 is 1.05 bits per heavy atom. The Hall–Kier alpha value is -3.20. The first-order chi connectivity index (χ1) is 17.9. The molecular formula is C28H35ClFN5O2. The lowest BCUT2D eigenvalue weighted by molar-refractivity contribution is -0.107. The number of anilines is 2. The van der Waals surface area contributed by atoms with E-state index < -0.39 is 5.82 Å². The summed E-state index contributed by atoms with van der Waals surface area (Å²) in [5.74, 6) is 0.259. The van der Waals surface area contributed by atoms with Gasteiger partial charge in [0.15, 0.2) is 0 Å². The van der Waals surface area contributed by atoms with Crippen molar-refractivity contribution in [2.24, 2.45) is 0 Å². The average Bonchev–Trinajstić information content (AvgIpc) is 2.92. The molecular weight excluding hydrogens is 493 g/mol. The first-order valence-corrected chi connectivity index (χ1v) is 12.9. The molecule has 37 heavy (non-hydrogen) atoms. The van der Waals surface area contributed by atoms with E-state index in [2.05, 4.69) is 15.2 Å². The van der Waals surface area contributed by atoms with Crippen LogP contribution >= 0.6 is 11.6 Å². The molecule has 1 aliphatic rings. The van der Waals surface area contributed by atoms with Crippen LogP contribution in [0.4, 0.5) is 15.9 Å². The zero-order valence-electron chi connectivity index (χ0n) is 21.8. The fraction of sp³-hybridized carbons (Fsp3) is 0.357. The number of piperazine rings is 1. The molecule has 4 rings (SSSR count). The van der Waals surface area contributed by atoms with Crippen LogP contribution in [0.1, 0.15) is 13.8 Å². The number of carbonyl (C=O) groups excluding carboxylic acids is 1. The molecule has 1 saturated heterocycles. The van der Waals surface area contributed by atoms with Crippen molar-refractivity contribution < 1.29 is 14.3 Å². The number of hydrogen-bond acceptors (Lipinski definition) is 6. The SMILES string of the molecule is CC.CN(C)CCN(C=O)c1ccc(-c2cc(F)cc(-c3ccnc(N4CCNCC4)c3)c2O)cc1Cl. The molecule has 0 spiro atoms. The molecule has 0 aliphatic carbocycles. The fourth-order valence-electron chi connectivity index (χ4n) is 4.14. The minimum Gasteiger partial charge on any atom is -0.507 e. The predicted molar refractivity (Wildman–Crippen MR) is 150 cm³/mol. The van der Waals surface area contributed by atoms with E-state index >= 15 is 0 Å². The van der Waals surface area contributed by atoms with Crippen LogP contribution in [0.5, 0.6) is 5.75 Å². The molecule has 0 bridgehead atoms. The van der Waals surface area contributed by atoms with Gasteiger partial charge in [0.1, 0.15) is 17.4 Å². The van der Waals surface area contributed by atoms with Gasteiger partial charge in [-0.1, -0.05) is 31.5 Å². The summed E-state index contributed by atoms with van der Waals surface area (Å²) in [6.07, 6.45) is 2.41. The number of nitrogens with one attached hydrogen (secondary N) is 1. The third kappa shape index (κ3) is 6.97. The molecule has 0 unspecified atom stereocenters. The van der Waals surface area contributed by atoms with E-state index in [4.69, 9.17) is 11.6 Å². The summed E-state index contributed by atoms with van der Waals surface area (Å²) in [7, 11) is 3.85. The summed E-state index contributed by atoms with van der Waals surface area (Å²) in [6, 6.07) is 11.3. The van der Waals surface area contributed by atoms with Crippen molar-refractivity contribution in [1.82, 2.24) is 15.2 Å². The quantitative estimate of drug-likeness (QED) is 0.407. The Bertz CT molecular complexity index is 1200. The van der Waals surface area contributed by atoms with Gasteiger partial charge in [-0.25, -0.2) is 9.37 Å². The second-order valence-electron chi connectivity index (χ2n) is 8.76. The maximum atomic E-state index is 14.7. The van der Waals surface area contributed by atoms with E-state index in [0.29, 0.717) is 46.1 Å². The van der Waals surface area contributed by atoms with Crippen molar-refractivity contribution >= 4 is 29.5 Å². The number of carbonyl (C=O) groups is 1. The molecule has 9 heteroatoms. The van der Waals surface area contributed by atoms with Gasteiger partial charge in [0.25, 0.3) is 0 Å². The normalized spacial score (nSPS) is 13.2. The number of likely N-dealkylation sites (N-methyl/N-ethyl adjacent to an activating group) is 1. The van der Waals surface area contributed by atoms with Gasteiger partial charge in [-0.15, -0.1) is 0 Å². The van der Waals surface area contributed by atoms with Gasteiger partial charge in [0.05, 0.1) is 10.7 Å². The number of phenolic OH excluding ortho intramolecular Hbond substituents is 1. The monoisotopic (exact) mass is 527 g/mol. The lowest BCUT2D eigenvalue weighted by Gasteiger charge is -2.28. The van der Waals surface area contributed by atoms with Crippen LogP contribution in [0.3, 0.4) is 0 Å². The third-order valence-corrected chi connectivity index (χ3v) is 6.36. The molecule has 1 fully saturated rings. The third-order valence-electron chi connectivity index (χ3n) is 6.06. The highest BCUT2D eigenvalue weighted by Crippen LogP contribution is 2.41. The highest BCUT2D eigenvalue weighted by Gasteiger charge is 2.18. The Morgan fingerprint density at radius 2 is 1.70 bits per heavy atom. The van der Waals surface area contributed by atoms with E-state index in [-0.39, 0.29) is 5.75 Å². The number of aromatic hydroxyl groups is 1. The molecule has 0 radical (unpaired) electrons. The number of rotatable bonds is 8. The summed E-state index contributed by atoms with van der Waals surface area (Å²) in [5, 5.41) is 14.8. The van der Waals surface area contributed by atoms with Gasteiger partial charge in [-0.05, 0) is 61.6 Å². The molecule has 0 saturated carbocycles. The van der Waals surface area contributed by atoms with E-state index in [9.17, 15) is 14.3 Å². The maximum Gasteiger partial charge on any atom is 0.214 e. The van der Waals surface area contributed by atoms with Gasteiger partial charge in [0, 0.05) is 56.6 Å². The first kappa shape index (κ1) is 28.4. The fourth-order valence-corrected chi connectivity index (χ4v) is 4.43. The molecule has 198 valence electrons. The number of aromatic nitrogens is 1. The number of pyridine rings is 1. The summed E-state index contributed by atoms with van der Waals surface area (Å²) in [6.45, 7) is 8.54. The van der Waals surface area contributed by atoms with Crippen molar-refractivity contribution in [2.45, 2.75) is 13.8 Å². The lowest BCUT2D eigenvalue weighted by atomic mass is 9.97. The highest BCUT2D eigenvalue weighted by atomic mass is 35.5. The number of amides is 1. The number of hydrogen-bond donors (Lipinski definition) is 2. The van der Waals surface area contributed by atoms with E-state index in [0.717, 1.165) is 38.4 Å². The zero-order chi connectivity index (χ0) is 26.9. The Kier molecular flexibility index (Phi) is 10.3. The minimum atomic E-state index is -0.478. The van der Waals surface area contributed by atoms with Gasteiger partial charge < -0.3 is 25.1 Å². The molecule has 1 aliphatic heterocycles. The Balaban J connectivity index is 0.00000186. The van der Waals surface area contributed by atoms with Crippen LogP contribution in [0.2, 0.25) is 5.02 Å². The summed E-state index contributed by atoms with van der Waals surface area (Å²) in [4.78, 5) is 21.7. The average molecular weight is 528 g/mol. The van der Waals surface area contributed by atoms with Crippen molar-refractivity contribution in [1.29, 1.82) is 0 Å². The lowest BCUT2D eigenvalue weighted by Crippen LogP contribution is -2.43. The van der Waals surface area contributed by atoms with Crippen molar-refractivity contribution in [3.05, 3.63) is 59.5 Å². The number of nitrogens with zero attached hydrogens (tertiary/aromatic N) is 4. The molecule has 0 atom stereocenters. The van der Waals surface area contributed by atoms with E-state index in [1.807, 2.05) is 38.9 Å². The molecule has 3 aromatic rings. The molecule has 1 aromatic heterocycles. The summed E-state index contributed by atoms with van der Waals surface area (Å²) in [5.41, 5.74) is 2.47. The van der Waals surface area contributed by atoms with Gasteiger partial charge in [-0.3, -0.25) is 4.79 Å². The number of benzene rings is 2. The zero-order valence-corrected chi connectivity index (χ0v) is 22.6. The topological polar surface area (TPSA) is 71.9 Å². The Labute approximate surface area is 223 Å². The molecule has 2 aromatic carbocycles. The van der Waals surface area contributed by atoms with Gasteiger partial charge in [0.2, 0.25) is 6.41 Å². The van der Waals surface area contributed by atoms with Crippen molar-refractivity contribution in [2.75, 3.05) is 63.2 Å². The molecule has 2 N–H and O–H groups in total.